The fraction of sp³-hybridized carbons (Fsp3) is 0.500. The van der Waals surface area contributed by atoms with Gasteiger partial charge in [-0.05, 0) is 12.1 Å². The van der Waals surface area contributed by atoms with Crippen LogP contribution in [0.1, 0.15) is 13.8 Å². The van der Waals surface area contributed by atoms with Crippen LogP contribution < -0.4 is 14.2 Å². The zero-order chi connectivity index (χ0) is 11.2. The molecule has 2 aliphatic heterocycles. The molecule has 16 heavy (non-hydrogen) atoms. The van der Waals surface area contributed by atoms with Gasteiger partial charge in [0.15, 0.2) is 11.5 Å². The standard InChI is InChI=1S/C12H14O4/c1-12(2)15-10-4-3-8(5-11(10)16-12)13-6-9-7-14-9/h3-5,9H,6-7H2,1-2H3. The van der Waals surface area contributed by atoms with E-state index < -0.39 is 5.79 Å². The van der Waals surface area contributed by atoms with Gasteiger partial charge in [-0.2, -0.15) is 0 Å². The fourth-order valence-electron chi connectivity index (χ4n) is 1.65. The summed E-state index contributed by atoms with van der Waals surface area (Å²) in [5.74, 6) is 1.70. The number of fused-ring (bicyclic) bond motifs is 1. The van der Waals surface area contributed by atoms with Crippen molar-refractivity contribution >= 4 is 0 Å². The summed E-state index contributed by atoms with van der Waals surface area (Å²) in [5.41, 5.74) is 0. The summed E-state index contributed by atoms with van der Waals surface area (Å²) in [7, 11) is 0. The van der Waals surface area contributed by atoms with Crippen LogP contribution in [-0.4, -0.2) is 25.1 Å². The number of ether oxygens (including phenoxy) is 4. The molecule has 3 rings (SSSR count). The summed E-state index contributed by atoms with van der Waals surface area (Å²) in [6.07, 6.45) is 0.266. The molecule has 2 aliphatic rings. The van der Waals surface area contributed by atoms with Crippen molar-refractivity contribution in [1.29, 1.82) is 0 Å². The van der Waals surface area contributed by atoms with Crippen LogP contribution in [0.5, 0.6) is 17.2 Å². The molecule has 0 saturated carbocycles. The number of rotatable bonds is 3. The van der Waals surface area contributed by atoms with Gasteiger partial charge in [0.05, 0.1) is 6.61 Å². The van der Waals surface area contributed by atoms with Crippen molar-refractivity contribution in [2.45, 2.75) is 25.7 Å². The molecule has 0 amide bonds. The highest BCUT2D eigenvalue weighted by molar-refractivity contribution is 5.47. The first-order valence-corrected chi connectivity index (χ1v) is 5.39. The fourth-order valence-corrected chi connectivity index (χ4v) is 1.65. The normalized spacial score (nSPS) is 24.2. The van der Waals surface area contributed by atoms with Crippen molar-refractivity contribution in [2.75, 3.05) is 13.2 Å². The number of hydrogen-bond donors (Lipinski definition) is 0. The van der Waals surface area contributed by atoms with Gasteiger partial charge < -0.3 is 18.9 Å². The molecule has 0 bridgehead atoms. The van der Waals surface area contributed by atoms with Gasteiger partial charge in [0.25, 0.3) is 0 Å². The maximum absolute atomic E-state index is 5.62. The highest BCUT2D eigenvalue weighted by atomic mass is 16.7. The molecule has 1 aromatic rings. The van der Waals surface area contributed by atoms with E-state index in [4.69, 9.17) is 18.9 Å². The minimum absolute atomic E-state index is 0.266. The highest BCUT2D eigenvalue weighted by Crippen LogP contribution is 2.41. The molecule has 0 spiro atoms. The minimum atomic E-state index is -0.583. The highest BCUT2D eigenvalue weighted by Gasteiger charge is 2.32. The molecular formula is C12H14O4. The predicted molar refractivity (Wildman–Crippen MR) is 57.0 cm³/mol. The van der Waals surface area contributed by atoms with Crippen LogP contribution in [0.15, 0.2) is 18.2 Å². The van der Waals surface area contributed by atoms with Crippen molar-refractivity contribution in [3.63, 3.8) is 0 Å². The third kappa shape index (κ3) is 1.93. The molecule has 86 valence electrons. The first-order chi connectivity index (χ1) is 7.62. The average Bonchev–Trinajstić information content (AvgIpc) is 2.96. The average molecular weight is 222 g/mol. The zero-order valence-corrected chi connectivity index (χ0v) is 9.36. The molecule has 1 aromatic carbocycles. The van der Waals surface area contributed by atoms with E-state index in [1.165, 1.54) is 0 Å². The van der Waals surface area contributed by atoms with Crippen LogP contribution in [0.4, 0.5) is 0 Å². The third-order valence-electron chi connectivity index (χ3n) is 2.46. The topological polar surface area (TPSA) is 40.2 Å². The Kier molecular flexibility index (Phi) is 2.01. The van der Waals surface area contributed by atoms with Gasteiger partial charge in [0.1, 0.15) is 18.5 Å². The number of epoxide rings is 1. The number of benzene rings is 1. The lowest BCUT2D eigenvalue weighted by Crippen LogP contribution is -2.29. The van der Waals surface area contributed by atoms with Gasteiger partial charge in [0.2, 0.25) is 5.79 Å². The third-order valence-corrected chi connectivity index (χ3v) is 2.46. The second-order valence-electron chi connectivity index (χ2n) is 4.48. The molecule has 1 atom stereocenters. The monoisotopic (exact) mass is 222 g/mol. The molecule has 0 aromatic heterocycles. The molecule has 2 heterocycles. The van der Waals surface area contributed by atoms with Gasteiger partial charge in [-0.25, -0.2) is 0 Å². The van der Waals surface area contributed by atoms with Crippen LogP contribution >= 0.6 is 0 Å². The Bertz CT molecular complexity index is 409. The molecular weight excluding hydrogens is 208 g/mol. The summed E-state index contributed by atoms with van der Waals surface area (Å²) < 4.78 is 21.8. The van der Waals surface area contributed by atoms with Gasteiger partial charge in [-0.3, -0.25) is 0 Å². The molecule has 1 fully saturated rings. The predicted octanol–water partition coefficient (Wildman–Crippen LogP) is 1.97. The van der Waals surface area contributed by atoms with Gasteiger partial charge in [-0.1, -0.05) is 0 Å². The molecule has 4 heteroatoms. The first-order valence-electron chi connectivity index (χ1n) is 5.39. The van der Waals surface area contributed by atoms with Crippen LogP contribution in [0.25, 0.3) is 0 Å². The van der Waals surface area contributed by atoms with E-state index in [1.807, 2.05) is 32.0 Å². The molecule has 1 saturated heterocycles. The largest absolute Gasteiger partial charge is 0.491 e. The van der Waals surface area contributed by atoms with E-state index in [9.17, 15) is 0 Å². The van der Waals surface area contributed by atoms with E-state index in [0.717, 1.165) is 23.9 Å². The van der Waals surface area contributed by atoms with E-state index >= 15 is 0 Å². The lowest BCUT2D eigenvalue weighted by atomic mass is 10.3. The summed E-state index contributed by atoms with van der Waals surface area (Å²) >= 11 is 0. The smallest absolute Gasteiger partial charge is 0.246 e. The Labute approximate surface area is 94.1 Å². The van der Waals surface area contributed by atoms with Crippen molar-refractivity contribution < 1.29 is 18.9 Å². The summed E-state index contributed by atoms with van der Waals surface area (Å²) in [4.78, 5) is 0. The van der Waals surface area contributed by atoms with Gasteiger partial charge >= 0.3 is 0 Å². The lowest BCUT2D eigenvalue weighted by Gasteiger charge is -2.16. The first kappa shape index (κ1) is 9.78. The van der Waals surface area contributed by atoms with Gasteiger partial charge in [-0.15, -0.1) is 0 Å². The molecule has 1 unspecified atom stereocenters. The van der Waals surface area contributed by atoms with E-state index in [-0.39, 0.29) is 6.10 Å². The minimum Gasteiger partial charge on any atom is -0.491 e. The van der Waals surface area contributed by atoms with Crippen LogP contribution in [0.3, 0.4) is 0 Å². The van der Waals surface area contributed by atoms with Crippen molar-refractivity contribution in [3.8, 4) is 17.2 Å². The summed E-state index contributed by atoms with van der Waals surface area (Å²) in [5, 5.41) is 0. The second kappa shape index (κ2) is 3.28. The quantitative estimate of drug-likeness (QED) is 0.733. The van der Waals surface area contributed by atoms with E-state index in [0.29, 0.717) is 6.61 Å². The Morgan fingerprint density at radius 1 is 1.31 bits per heavy atom. The summed E-state index contributed by atoms with van der Waals surface area (Å²) in [6.45, 7) is 5.16. The van der Waals surface area contributed by atoms with Crippen molar-refractivity contribution in [3.05, 3.63) is 18.2 Å². The van der Waals surface area contributed by atoms with Crippen LogP contribution in [0, 0.1) is 0 Å². The Hall–Kier alpha value is -1.42. The van der Waals surface area contributed by atoms with E-state index in [1.54, 1.807) is 0 Å². The lowest BCUT2D eigenvalue weighted by molar-refractivity contribution is -0.0431. The van der Waals surface area contributed by atoms with E-state index in [2.05, 4.69) is 0 Å². The Morgan fingerprint density at radius 2 is 2.06 bits per heavy atom. The van der Waals surface area contributed by atoms with Crippen LogP contribution in [-0.2, 0) is 4.74 Å². The molecule has 0 N–H and O–H groups in total. The Morgan fingerprint density at radius 3 is 2.81 bits per heavy atom. The molecule has 0 aliphatic carbocycles. The summed E-state index contributed by atoms with van der Waals surface area (Å²) in [6, 6.07) is 5.60. The Balaban J connectivity index is 1.73. The maximum Gasteiger partial charge on any atom is 0.246 e. The molecule has 4 nitrogen and oxygen atoms in total. The molecule has 0 radical (unpaired) electrons. The van der Waals surface area contributed by atoms with Crippen molar-refractivity contribution in [1.82, 2.24) is 0 Å². The zero-order valence-electron chi connectivity index (χ0n) is 9.36. The van der Waals surface area contributed by atoms with Gasteiger partial charge in [0, 0.05) is 19.9 Å². The SMILES string of the molecule is CC1(C)Oc2ccc(OCC3CO3)cc2O1. The van der Waals surface area contributed by atoms with Crippen LogP contribution in [0.2, 0.25) is 0 Å². The van der Waals surface area contributed by atoms with Crippen molar-refractivity contribution in [2.24, 2.45) is 0 Å². The number of hydrogen-bond acceptors (Lipinski definition) is 4. The maximum atomic E-state index is 5.62. The second-order valence-corrected chi connectivity index (χ2v) is 4.48.